The summed E-state index contributed by atoms with van der Waals surface area (Å²) in [6, 6.07) is 7.27. The summed E-state index contributed by atoms with van der Waals surface area (Å²) < 4.78 is 0. The zero-order valence-electron chi connectivity index (χ0n) is 11.7. The minimum atomic E-state index is -0.368. The number of nitrogens with zero attached hydrogens (tertiary/aromatic N) is 2. The summed E-state index contributed by atoms with van der Waals surface area (Å²) in [4.78, 5) is 18.2. The van der Waals surface area contributed by atoms with Crippen molar-refractivity contribution < 1.29 is 4.92 Å². The van der Waals surface area contributed by atoms with Gasteiger partial charge >= 0.3 is 0 Å². The van der Waals surface area contributed by atoms with Gasteiger partial charge in [0.25, 0.3) is 5.69 Å². The van der Waals surface area contributed by atoms with Crippen molar-refractivity contribution in [1.82, 2.24) is 15.3 Å². The van der Waals surface area contributed by atoms with E-state index in [0.717, 1.165) is 5.82 Å². The Bertz CT molecular complexity index is 632. The van der Waals surface area contributed by atoms with Crippen molar-refractivity contribution in [3.8, 4) is 11.3 Å². The van der Waals surface area contributed by atoms with Gasteiger partial charge in [0.2, 0.25) is 0 Å². The normalized spacial score (nSPS) is 15.4. The molecule has 1 fully saturated rings. The standard InChI is InChI=1S/C15H18N4O2/c20-19(21)14-8-4-3-7-12(14)13-9-17-15(18-13)10-16-11-5-1-2-6-11/h3-4,7-9,11,16H,1-2,5-6,10H2,(H,17,18). The number of H-pyrrole nitrogens is 1. The van der Waals surface area contributed by atoms with Crippen molar-refractivity contribution in [2.45, 2.75) is 38.3 Å². The fraction of sp³-hybridized carbons (Fsp3) is 0.400. The first-order chi connectivity index (χ1) is 10.2. The molecular formula is C15H18N4O2. The number of rotatable bonds is 5. The number of nitro benzene ring substituents is 1. The van der Waals surface area contributed by atoms with Gasteiger partial charge in [-0.2, -0.15) is 0 Å². The van der Waals surface area contributed by atoms with Gasteiger partial charge in [0.05, 0.1) is 28.9 Å². The largest absolute Gasteiger partial charge is 0.341 e. The maximum absolute atomic E-state index is 11.1. The first kappa shape index (κ1) is 13.8. The van der Waals surface area contributed by atoms with E-state index in [1.165, 1.54) is 31.7 Å². The van der Waals surface area contributed by atoms with Crippen LogP contribution < -0.4 is 5.32 Å². The van der Waals surface area contributed by atoms with E-state index in [1.54, 1.807) is 24.4 Å². The number of nitro groups is 1. The Labute approximate surface area is 122 Å². The zero-order chi connectivity index (χ0) is 14.7. The van der Waals surface area contributed by atoms with Gasteiger partial charge in [-0.1, -0.05) is 25.0 Å². The number of para-hydroxylation sites is 1. The van der Waals surface area contributed by atoms with Crippen LogP contribution in [-0.4, -0.2) is 20.9 Å². The first-order valence-corrected chi connectivity index (χ1v) is 7.25. The van der Waals surface area contributed by atoms with Crippen molar-refractivity contribution in [2.75, 3.05) is 0 Å². The molecule has 1 aliphatic rings. The monoisotopic (exact) mass is 286 g/mol. The van der Waals surface area contributed by atoms with Crippen LogP contribution in [0.2, 0.25) is 0 Å². The molecule has 0 aliphatic heterocycles. The molecule has 0 unspecified atom stereocenters. The molecule has 1 heterocycles. The van der Waals surface area contributed by atoms with Gasteiger partial charge in [0.1, 0.15) is 5.82 Å². The van der Waals surface area contributed by atoms with E-state index in [1.807, 2.05) is 0 Å². The average molecular weight is 286 g/mol. The Kier molecular flexibility index (Phi) is 3.96. The second kappa shape index (κ2) is 6.05. The Morgan fingerprint density at radius 2 is 2.10 bits per heavy atom. The SMILES string of the molecule is O=[N+]([O-])c1ccccc1-c1cnc(CNC2CCCC2)[nH]1. The lowest BCUT2D eigenvalue weighted by Gasteiger charge is -2.09. The number of aromatic amines is 1. The van der Waals surface area contributed by atoms with E-state index >= 15 is 0 Å². The number of imidazole rings is 1. The molecule has 0 radical (unpaired) electrons. The minimum Gasteiger partial charge on any atom is -0.341 e. The number of benzene rings is 1. The summed E-state index contributed by atoms with van der Waals surface area (Å²) in [5, 5.41) is 14.5. The Hall–Kier alpha value is -2.21. The van der Waals surface area contributed by atoms with E-state index < -0.39 is 0 Å². The molecule has 0 bridgehead atoms. The van der Waals surface area contributed by atoms with E-state index in [2.05, 4.69) is 15.3 Å². The van der Waals surface area contributed by atoms with Gasteiger partial charge < -0.3 is 10.3 Å². The Morgan fingerprint density at radius 1 is 1.33 bits per heavy atom. The molecular weight excluding hydrogens is 268 g/mol. The topological polar surface area (TPSA) is 83.8 Å². The molecule has 21 heavy (non-hydrogen) atoms. The van der Waals surface area contributed by atoms with Crippen molar-refractivity contribution in [3.05, 3.63) is 46.4 Å². The fourth-order valence-corrected chi connectivity index (χ4v) is 2.82. The van der Waals surface area contributed by atoms with Crippen LogP contribution in [0.3, 0.4) is 0 Å². The predicted octanol–water partition coefficient (Wildman–Crippen LogP) is 3.02. The highest BCUT2D eigenvalue weighted by atomic mass is 16.6. The molecule has 0 amide bonds. The molecule has 2 N–H and O–H groups in total. The lowest BCUT2D eigenvalue weighted by atomic mass is 10.1. The second-order valence-electron chi connectivity index (χ2n) is 5.38. The minimum absolute atomic E-state index is 0.0939. The molecule has 1 aromatic heterocycles. The van der Waals surface area contributed by atoms with Gasteiger partial charge in [-0.15, -0.1) is 0 Å². The molecule has 6 nitrogen and oxygen atoms in total. The quantitative estimate of drug-likeness (QED) is 0.653. The van der Waals surface area contributed by atoms with Gasteiger partial charge in [0, 0.05) is 12.1 Å². The van der Waals surface area contributed by atoms with Crippen LogP contribution in [0.5, 0.6) is 0 Å². The smallest absolute Gasteiger partial charge is 0.278 e. The van der Waals surface area contributed by atoms with Crippen LogP contribution in [-0.2, 0) is 6.54 Å². The summed E-state index contributed by atoms with van der Waals surface area (Å²) in [5.41, 5.74) is 1.35. The molecule has 110 valence electrons. The maximum Gasteiger partial charge on any atom is 0.278 e. The fourth-order valence-electron chi connectivity index (χ4n) is 2.82. The van der Waals surface area contributed by atoms with Crippen LogP contribution in [0.15, 0.2) is 30.5 Å². The Balaban J connectivity index is 1.74. The van der Waals surface area contributed by atoms with E-state index in [-0.39, 0.29) is 10.6 Å². The number of hydrogen-bond donors (Lipinski definition) is 2. The van der Waals surface area contributed by atoms with Gasteiger partial charge in [-0.05, 0) is 18.9 Å². The van der Waals surface area contributed by atoms with Gasteiger partial charge in [-0.25, -0.2) is 4.98 Å². The summed E-state index contributed by atoms with van der Waals surface area (Å²) in [7, 11) is 0. The van der Waals surface area contributed by atoms with Gasteiger partial charge in [-0.3, -0.25) is 10.1 Å². The molecule has 2 aromatic rings. The first-order valence-electron chi connectivity index (χ1n) is 7.25. The van der Waals surface area contributed by atoms with E-state index in [4.69, 9.17) is 0 Å². The van der Waals surface area contributed by atoms with Crippen LogP contribution in [0.1, 0.15) is 31.5 Å². The third kappa shape index (κ3) is 3.11. The Morgan fingerprint density at radius 3 is 2.86 bits per heavy atom. The number of nitrogens with one attached hydrogen (secondary N) is 2. The maximum atomic E-state index is 11.1. The molecule has 0 spiro atoms. The summed E-state index contributed by atoms with van der Waals surface area (Å²) in [6.45, 7) is 0.672. The molecule has 0 saturated heterocycles. The van der Waals surface area contributed by atoms with Crippen LogP contribution in [0, 0.1) is 10.1 Å². The number of aromatic nitrogens is 2. The van der Waals surface area contributed by atoms with E-state index in [9.17, 15) is 10.1 Å². The number of hydrogen-bond acceptors (Lipinski definition) is 4. The van der Waals surface area contributed by atoms with Crippen LogP contribution >= 0.6 is 0 Å². The zero-order valence-corrected chi connectivity index (χ0v) is 11.7. The summed E-state index contributed by atoms with van der Waals surface area (Å²) >= 11 is 0. The average Bonchev–Trinajstić information content (AvgIpc) is 3.16. The second-order valence-corrected chi connectivity index (χ2v) is 5.38. The molecule has 3 rings (SSSR count). The molecule has 6 heteroatoms. The van der Waals surface area contributed by atoms with Crippen molar-refractivity contribution in [1.29, 1.82) is 0 Å². The molecule has 0 atom stereocenters. The summed E-state index contributed by atoms with van der Waals surface area (Å²) in [5.74, 6) is 0.815. The van der Waals surface area contributed by atoms with E-state index in [0.29, 0.717) is 23.8 Å². The molecule has 1 saturated carbocycles. The lowest BCUT2D eigenvalue weighted by molar-refractivity contribution is -0.384. The highest BCUT2D eigenvalue weighted by molar-refractivity contribution is 5.70. The third-order valence-electron chi connectivity index (χ3n) is 3.93. The van der Waals surface area contributed by atoms with Gasteiger partial charge in [0.15, 0.2) is 0 Å². The predicted molar refractivity (Wildman–Crippen MR) is 79.8 cm³/mol. The third-order valence-corrected chi connectivity index (χ3v) is 3.93. The molecule has 1 aromatic carbocycles. The lowest BCUT2D eigenvalue weighted by Crippen LogP contribution is -2.25. The summed E-state index contributed by atoms with van der Waals surface area (Å²) in [6.07, 6.45) is 6.68. The highest BCUT2D eigenvalue weighted by Gasteiger charge is 2.17. The van der Waals surface area contributed by atoms with Crippen molar-refractivity contribution in [3.63, 3.8) is 0 Å². The molecule has 1 aliphatic carbocycles. The van der Waals surface area contributed by atoms with Crippen molar-refractivity contribution in [2.24, 2.45) is 0 Å². The highest BCUT2D eigenvalue weighted by Crippen LogP contribution is 2.28. The van der Waals surface area contributed by atoms with Crippen molar-refractivity contribution >= 4 is 5.69 Å². The van der Waals surface area contributed by atoms with Crippen LogP contribution in [0.4, 0.5) is 5.69 Å². The van der Waals surface area contributed by atoms with Crippen LogP contribution in [0.25, 0.3) is 11.3 Å².